The van der Waals surface area contributed by atoms with Crippen molar-refractivity contribution in [2.75, 3.05) is 0 Å². The zero-order valence-electron chi connectivity index (χ0n) is 12.1. The van der Waals surface area contributed by atoms with Crippen molar-refractivity contribution in [3.05, 3.63) is 51.7 Å². The van der Waals surface area contributed by atoms with E-state index in [1.54, 1.807) is 23.5 Å². The number of aromatic nitrogens is 1. The number of hydrogen-bond donors (Lipinski definition) is 1. The van der Waals surface area contributed by atoms with Gasteiger partial charge in [0.1, 0.15) is 10.8 Å². The van der Waals surface area contributed by atoms with E-state index < -0.39 is 0 Å². The van der Waals surface area contributed by atoms with Crippen molar-refractivity contribution in [2.45, 2.75) is 39.2 Å². The molecular formula is C16H19FN2OS. The van der Waals surface area contributed by atoms with Gasteiger partial charge in [0.05, 0.1) is 6.54 Å². The van der Waals surface area contributed by atoms with Crippen LogP contribution in [-0.4, -0.2) is 10.9 Å². The Balaban J connectivity index is 1.83. The van der Waals surface area contributed by atoms with Gasteiger partial charge in [-0.05, 0) is 24.1 Å². The molecule has 0 spiro atoms. The third-order valence-electron chi connectivity index (χ3n) is 3.09. The Bertz CT molecular complexity index is 580. The molecule has 0 aliphatic carbocycles. The van der Waals surface area contributed by atoms with E-state index in [1.807, 2.05) is 6.20 Å². The molecule has 21 heavy (non-hydrogen) atoms. The van der Waals surface area contributed by atoms with Crippen LogP contribution < -0.4 is 5.32 Å². The molecule has 1 aromatic carbocycles. The molecule has 0 fully saturated rings. The van der Waals surface area contributed by atoms with Gasteiger partial charge in [0.15, 0.2) is 0 Å². The highest BCUT2D eigenvalue weighted by atomic mass is 32.1. The van der Waals surface area contributed by atoms with E-state index in [2.05, 4.69) is 17.2 Å². The number of carbonyl (C=O) groups excluding carboxylic acids is 1. The Morgan fingerprint density at radius 2 is 2.10 bits per heavy atom. The predicted molar refractivity (Wildman–Crippen MR) is 82.7 cm³/mol. The van der Waals surface area contributed by atoms with Crippen molar-refractivity contribution in [3.8, 4) is 0 Å². The molecule has 0 aliphatic rings. The summed E-state index contributed by atoms with van der Waals surface area (Å²) in [5.74, 6) is -0.148. The maximum absolute atomic E-state index is 12.8. The summed E-state index contributed by atoms with van der Waals surface area (Å²) in [5.41, 5.74) is 1.05. The first-order chi connectivity index (χ1) is 10.2. The quantitative estimate of drug-likeness (QED) is 0.848. The molecule has 1 aromatic heterocycles. The van der Waals surface area contributed by atoms with E-state index in [-0.39, 0.29) is 11.7 Å². The summed E-state index contributed by atoms with van der Waals surface area (Å²) in [7, 11) is 0. The Morgan fingerprint density at radius 1 is 1.33 bits per heavy atom. The molecule has 0 radical (unpaired) electrons. The first-order valence-corrected chi connectivity index (χ1v) is 7.93. The average Bonchev–Trinajstić information content (AvgIpc) is 2.93. The minimum absolute atomic E-state index is 0.0761. The van der Waals surface area contributed by atoms with Crippen molar-refractivity contribution in [2.24, 2.45) is 0 Å². The highest BCUT2D eigenvalue weighted by Crippen LogP contribution is 2.17. The van der Waals surface area contributed by atoms with Crippen LogP contribution in [0.3, 0.4) is 0 Å². The van der Waals surface area contributed by atoms with Crippen molar-refractivity contribution < 1.29 is 9.18 Å². The number of carbonyl (C=O) groups is 1. The lowest BCUT2D eigenvalue weighted by atomic mass is 10.1. The highest BCUT2D eigenvalue weighted by Gasteiger charge is 2.05. The van der Waals surface area contributed by atoms with Gasteiger partial charge in [-0.25, -0.2) is 9.37 Å². The van der Waals surface area contributed by atoms with E-state index in [9.17, 15) is 9.18 Å². The third kappa shape index (κ3) is 5.27. The van der Waals surface area contributed by atoms with Gasteiger partial charge in [-0.3, -0.25) is 4.79 Å². The molecule has 1 heterocycles. The van der Waals surface area contributed by atoms with Crippen LogP contribution in [0.15, 0.2) is 30.5 Å². The smallest absolute Gasteiger partial charge is 0.220 e. The lowest BCUT2D eigenvalue weighted by molar-refractivity contribution is -0.121. The minimum atomic E-state index is -0.224. The first-order valence-electron chi connectivity index (χ1n) is 7.12. The van der Waals surface area contributed by atoms with Gasteiger partial charge in [0.2, 0.25) is 5.91 Å². The highest BCUT2D eigenvalue weighted by molar-refractivity contribution is 7.11. The lowest BCUT2D eigenvalue weighted by Crippen LogP contribution is -2.22. The van der Waals surface area contributed by atoms with Crippen LogP contribution in [-0.2, 0) is 17.8 Å². The number of halogens is 1. The van der Waals surface area contributed by atoms with E-state index >= 15 is 0 Å². The van der Waals surface area contributed by atoms with Gasteiger partial charge in [-0.1, -0.05) is 25.5 Å². The molecule has 0 bridgehead atoms. The molecule has 0 aliphatic heterocycles. The van der Waals surface area contributed by atoms with Crippen LogP contribution in [0.1, 0.15) is 41.6 Å². The first kappa shape index (κ1) is 15.6. The Labute approximate surface area is 128 Å². The number of thiazole rings is 1. The van der Waals surface area contributed by atoms with Crippen LogP contribution >= 0.6 is 11.3 Å². The van der Waals surface area contributed by atoms with Gasteiger partial charge >= 0.3 is 0 Å². The maximum atomic E-state index is 12.8. The molecule has 3 nitrogen and oxygen atoms in total. The van der Waals surface area contributed by atoms with Crippen LogP contribution in [0.5, 0.6) is 0 Å². The average molecular weight is 306 g/mol. The normalized spacial score (nSPS) is 10.6. The molecule has 2 aromatic rings. The fourth-order valence-electron chi connectivity index (χ4n) is 1.91. The molecule has 0 saturated carbocycles. The zero-order chi connectivity index (χ0) is 15.1. The van der Waals surface area contributed by atoms with Gasteiger partial charge in [-0.15, -0.1) is 11.3 Å². The summed E-state index contributed by atoms with van der Waals surface area (Å²) in [4.78, 5) is 17.0. The summed E-state index contributed by atoms with van der Waals surface area (Å²) in [6.45, 7) is 2.55. The number of hydrogen-bond acceptors (Lipinski definition) is 3. The number of nitrogens with zero attached hydrogens (tertiary/aromatic N) is 1. The number of nitrogens with one attached hydrogen (secondary N) is 1. The van der Waals surface area contributed by atoms with Crippen LogP contribution in [0.2, 0.25) is 0 Å². The van der Waals surface area contributed by atoms with Crippen molar-refractivity contribution in [3.63, 3.8) is 0 Å². The fourth-order valence-corrected chi connectivity index (χ4v) is 2.81. The van der Waals surface area contributed by atoms with E-state index in [4.69, 9.17) is 0 Å². The number of unbranched alkanes of at least 4 members (excludes halogenated alkanes) is 1. The summed E-state index contributed by atoms with van der Waals surface area (Å²) < 4.78 is 12.8. The maximum Gasteiger partial charge on any atom is 0.220 e. The molecule has 0 saturated heterocycles. The number of benzene rings is 1. The van der Waals surface area contributed by atoms with Gasteiger partial charge in [-0.2, -0.15) is 0 Å². The van der Waals surface area contributed by atoms with Crippen molar-refractivity contribution >= 4 is 17.2 Å². The summed E-state index contributed by atoms with van der Waals surface area (Å²) in [6.07, 6.45) is 5.07. The second-order valence-electron chi connectivity index (χ2n) is 4.90. The van der Waals surface area contributed by atoms with Gasteiger partial charge in [0.25, 0.3) is 0 Å². The van der Waals surface area contributed by atoms with Gasteiger partial charge < -0.3 is 5.32 Å². The van der Waals surface area contributed by atoms with Crippen LogP contribution in [0.4, 0.5) is 4.39 Å². The Hall–Kier alpha value is -1.75. The number of rotatable bonds is 7. The standard InChI is InChI=1S/C16H19FN2OS/c1-2-3-4-15(20)18-11-16-19-10-14(21-16)9-12-5-7-13(17)8-6-12/h5-8,10H,2-4,9,11H2,1H3,(H,18,20). The number of amides is 1. The topological polar surface area (TPSA) is 42.0 Å². The SMILES string of the molecule is CCCCC(=O)NCc1ncc(Cc2ccc(F)cc2)s1. The van der Waals surface area contributed by atoms with E-state index in [1.165, 1.54) is 12.1 Å². The lowest BCUT2D eigenvalue weighted by Gasteiger charge is -2.01. The largest absolute Gasteiger partial charge is 0.350 e. The van der Waals surface area contributed by atoms with E-state index in [0.29, 0.717) is 13.0 Å². The summed E-state index contributed by atoms with van der Waals surface area (Å²) in [5, 5.41) is 3.78. The Morgan fingerprint density at radius 3 is 2.81 bits per heavy atom. The predicted octanol–water partition coefficient (Wildman–Crippen LogP) is 3.68. The molecule has 0 atom stereocenters. The van der Waals surface area contributed by atoms with Crippen molar-refractivity contribution in [1.82, 2.24) is 10.3 Å². The molecular weight excluding hydrogens is 287 g/mol. The monoisotopic (exact) mass is 306 g/mol. The Kier molecular flexibility index (Phi) is 5.87. The van der Waals surface area contributed by atoms with Crippen LogP contribution in [0.25, 0.3) is 0 Å². The van der Waals surface area contributed by atoms with Crippen molar-refractivity contribution in [1.29, 1.82) is 0 Å². The molecule has 1 N–H and O–H groups in total. The third-order valence-corrected chi connectivity index (χ3v) is 4.08. The molecule has 5 heteroatoms. The zero-order valence-corrected chi connectivity index (χ0v) is 12.9. The second-order valence-corrected chi connectivity index (χ2v) is 6.10. The second kappa shape index (κ2) is 7.88. The van der Waals surface area contributed by atoms with E-state index in [0.717, 1.165) is 34.7 Å². The summed E-state index contributed by atoms with van der Waals surface area (Å²) in [6, 6.07) is 6.49. The molecule has 112 valence electrons. The summed E-state index contributed by atoms with van der Waals surface area (Å²) >= 11 is 1.58. The molecule has 0 unspecified atom stereocenters. The minimum Gasteiger partial charge on any atom is -0.350 e. The van der Waals surface area contributed by atoms with Crippen LogP contribution in [0, 0.1) is 5.82 Å². The van der Waals surface area contributed by atoms with Gasteiger partial charge in [0, 0.05) is 23.9 Å². The molecule has 2 rings (SSSR count). The fraction of sp³-hybridized carbons (Fsp3) is 0.375. The molecule has 1 amide bonds.